The third-order valence-electron chi connectivity index (χ3n) is 13.6. The second-order valence-corrected chi connectivity index (χ2v) is 19.5. The fourth-order valence-electron chi connectivity index (χ4n) is 9.16. The van der Waals surface area contributed by atoms with Crippen molar-refractivity contribution in [2.45, 2.75) is 136 Å². The molecule has 0 spiro atoms. The topological polar surface area (TPSA) is 105 Å². The highest BCUT2D eigenvalue weighted by Gasteiger charge is 2.22. The lowest BCUT2D eigenvalue weighted by atomic mass is 9.80. The van der Waals surface area contributed by atoms with Crippen molar-refractivity contribution in [3.8, 4) is 11.3 Å². The van der Waals surface area contributed by atoms with Gasteiger partial charge in [-0.15, -0.1) is 0 Å². The molecule has 8 rings (SSSR count). The molecule has 0 N–H and O–H groups in total. The van der Waals surface area contributed by atoms with Gasteiger partial charge in [-0.05, 0) is 178 Å². The molecule has 71 heavy (non-hydrogen) atoms. The van der Waals surface area contributed by atoms with E-state index in [1.165, 1.54) is 50.1 Å². The van der Waals surface area contributed by atoms with Gasteiger partial charge in [0.05, 0.1) is 5.69 Å². The van der Waals surface area contributed by atoms with Gasteiger partial charge >= 0.3 is 5.69 Å². The SMILES string of the molecule is C.CC(C)c1ccc(-c2cc(C(C)CC(CC(C)c3cccnc3)c3ccncc3)ccn2)cc1.CC(C)c1ccc([N+]#N)cc1.CC(CC(CC(C)c1cccnc1)c1ccncc1)c1ccncc1. The van der Waals surface area contributed by atoms with Crippen LogP contribution in [0.3, 0.4) is 0 Å². The summed E-state index contributed by atoms with van der Waals surface area (Å²) in [4.78, 5) is 28.9. The zero-order valence-corrected chi connectivity index (χ0v) is 42.4. The van der Waals surface area contributed by atoms with Crippen molar-refractivity contribution in [1.82, 2.24) is 29.9 Å². The van der Waals surface area contributed by atoms with Crippen LogP contribution in [0.4, 0.5) is 5.69 Å². The van der Waals surface area contributed by atoms with E-state index in [-0.39, 0.29) is 7.43 Å². The van der Waals surface area contributed by atoms with Gasteiger partial charge in [-0.25, -0.2) is 0 Å². The molecular weight excluding hydrogens is 869 g/mol. The van der Waals surface area contributed by atoms with E-state index in [9.17, 15) is 0 Å². The number of nitrogens with zero attached hydrogens (tertiary/aromatic N) is 8. The summed E-state index contributed by atoms with van der Waals surface area (Å²) in [6.07, 6.45) is 25.4. The molecule has 6 heterocycles. The third-order valence-corrected chi connectivity index (χ3v) is 13.6. The first-order chi connectivity index (χ1) is 34.0. The molecule has 0 amide bonds. The van der Waals surface area contributed by atoms with Crippen molar-refractivity contribution < 1.29 is 0 Å². The number of rotatable bonds is 17. The highest BCUT2D eigenvalue weighted by Crippen LogP contribution is 2.39. The molecule has 0 aliphatic heterocycles. The van der Waals surface area contributed by atoms with Crippen molar-refractivity contribution in [3.05, 3.63) is 239 Å². The van der Waals surface area contributed by atoms with Crippen LogP contribution in [-0.4, -0.2) is 29.9 Å². The number of diazo groups is 1. The van der Waals surface area contributed by atoms with Gasteiger partial charge < -0.3 is 0 Å². The maximum Gasteiger partial charge on any atom is 0.385 e. The molecule has 8 aromatic rings. The largest absolute Gasteiger partial charge is 0.385 e. The molecule has 8 nitrogen and oxygen atoms in total. The molecule has 0 fully saturated rings. The molecule has 0 bridgehead atoms. The average molecular weight is 944 g/mol. The fraction of sp³-hybridized carbons (Fsp3) is 0.333. The Bertz CT molecular complexity index is 2680. The first kappa shape index (κ1) is 54.7. The Balaban J connectivity index is 0.000000221. The maximum absolute atomic E-state index is 8.39. The first-order valence-electron chi connectivity index (χ1n) is 25.0. The van der Waals surface area contributed by atoms with E-state index in [0.717, 1.165) is 31.4 Å². The Kier molecular flexibility index (Phi) is 21.9. The van der Waals surface area contributed by atoms with E-state index in [0.29, 0.717) is 53.0 Å². The van der Waals surface area contributed by atoms with Crippen LogP contribution in [-0.2, 0) is 0 Å². The van der Waals surface area contributed by atoms with Crippen molar-refractivity contribution in [2.24, 2.45) is 0 Å². The molecule has 366 valence electrons. The van der Waals surface area contributed by atoms with Crippen molar-refractivity contribution in [1.29, 1.82) is 5.39 Å². The fourth-order valence-corrected chi connectivity index (χ4v) is 9.16. The lowest BCUT2D eigenvalue weighted by Gasteiger charge is -2.25. The van der Waals surface area contributed by atoms with E-state index < -0.39 is 0 Å². The van der Waals surface area contributed by atoms with E-state index in [1.54, 1.807) is 12.1 Å². The molecule has 6 unspecified atom stereocenters. The lowest BCUT2D eigenvalue weighted by Crippen LogP contribution is -2.09. The van der Waals surface area contributed by atoms with Gasteiger partial charge in [0.15, 0.2) is 4.98 Å². The number of hydrogen-bond acceptors (Lipinski definition) is 7. The van der Waals surface area contributed by atoms with Crippen molar-refractivity contribution >= 4 is 5.69 Å². The smallest absolute Gasteiger partial charge is 0.265 e. The summed E-state index contributed by atoms with van der Waals surface area (Å²) >= 11 is 0. The summed E-state index contributed by atoms with van der Waals surface area (Å²) in [6.45, 7) is 18.0. The van der Waals surface area contributed by atoms with Gasteiger partial charge in [-0.2, -0.15) is 0 Å². The van der Waals surface area contributed by atoms with E-state index >= 15 is 0 Å². The minimum absolute atomic E-state index is 0. The predicted octanol–water partition coefficient (Wildman–Crippen LogP) is 17.4. The van der Waals surface area contributed by atoms with E-state index in [1.807, 2.05) is 92.4 Å². The zero-order chi connectivity index (χ0) is 49.7. The second kappa shape index (κ2) is 28.4. The second-order valence-electron chi connectivity index (χ2n) is 19.5. The quantitative estimate of drug-likeness (QED) is 0.0837. The van der Waals surface area contributed by atoms with Gasteiger partial charge in [0.2, 0.25) is 5.39 Å². The summed E-state index contributed by atoms with van der Waals surface area (Å²) in [5.74, 6) is 3.80. The first-order valence-corrected chi connectivity index (χ1v) is 25.0. The number of pyridine rings is 6. The lowest BCUT2D eigenvalue weighted by molar-refractivity contribution is 0.488. The van der Waals surface area contributed by atoms with Gasteiger partial charge in [-0.3, -0.25) is 29.9 Å². The normalized spacial score (nSPS) is 13.4. The van der Waals surface area contributed by atoms with Gasteiger partial charge in [0, 0.05) is 85.9 Å². The molecule has 0 saturated carbocycles. The summed E-state index contributed by atoms with van der Waals surface area (Å²) in [7, 11) is 0. The summed E-state index contributed by atoms with van der Waals surface area (Å²) < 4.78 is 0. The zero-order valence-electron chi connectivity index (χ0n) is 42.4. The molecule has 0 aliphatic carbocycles. The Morgan fingerprint density at radius 1 is 0.380 bits per heavy atom. The monoisotopic (exact) mass is 944 g/mol. The third kappa shape index (κ3) is 17.0. The van der Waals surface area contributed by atoms with Crippen LogP contribution in [0.1, 0.15) is 180 Å². The minimum atomic E-state index is 0. The molecule has 0 aliphatic rings. The molecule has 6 aromatic heterocycles. The Morgan fingerprint density at radius 2 is 0.761 bits per heavy atom. The average Bonchev–Trinajstić information content (AvgIpc) is 3.42. The van der Waals surface area contributed by atoms with E-state index in [2.05, 4.69) is 175 Å². The van der Waals surface area contributed by atoms with Crippen LogP contribution in [0.15, 0.2) is 189 Å². The van der Waals surface area contributed by atoms with Crippen LogP contribution in [0.2, 0.25) is 0 Å². The van der Waals surface area contributed by atoms with E-state index in [4.69, 9.17) is 5.39 Å². The maximum atomic E-state index is 8.39. The predicted molar refractivity (Wildman–Crippen MR) is 295 cm³/mol. The van der Waals surface area contributed by atoms with Crippen molar-refractivity contribution in [3.63, 3.8) is 0 Å². The Labute approximate surface area is 425 Å². The molecule has 0 radical (unpaired) electrons. The highest BCUT2D eigenvalue weighted by atomic mass is 14.8. The minimum Gasteiger partial charge on any atom is -0.265 e. The molecule has 2 aromatic carbocycles. The van der Waals surface area contributed by atoms with Crippen molar-refractivity contribution in [2.75, 3.05) is 0 Å². The number of benzene rings is 2. The van der Waals surface area contributed by atoms with Gasteiger partial charge in [0.1, 0.15) is 0 Å². The summed E-state index contributed by atoms with van der Waals surface area (Å²) in [6, 6.07) is 42.1. The standard InChI is InChI=1S/C31H35N3.C22H25N3.C9H11N2.CH4/c1-22(2)25-7-9-27(10-8-25)31-20-28(13-17-34-31)23(3)18-30(26-11-15-32-16-12-26)19-24(4)29-6-5-14-33-21-29;1-17(19-5-10-23-11-6-19)14-22(20-7-12-24-13-8-20)15-18(2)21-4-3-9-25-16-21;1-7(2)8-3-5-9(11-10)6-4-8;/h5-17,20-24,30H,18-19H2,1-4H3;3-13,16-18,22H,14-15H2,1-2H3;3-7H,1-2H3;1H4/q;;+1;. The highest BCUT2D eigenvalue weighted by molar-refractivity contribution is 5.60. The summed E-state index contributed by atoms with van der Waals surface area (Å²) in [5.41, 5.74) is 13.5. The molecule has 6 atom stereocenters. The number of hydrogen-bond donors (Lipinski definition) is 0. The summed E-state index contributed by atoms with van der Waals surface area (Å²) in [5, 5.41) is 8.39. The Morgan fingerprint density at radius 3 is 1.15 bits per heavy atom. The van der Waals surface area contributed by atoms with Crippen LogP contribution in [0, 0.1) is 5.39 Å². The van der Waals surface area contributed by atoms with Crippen LogP contribution in [0.25, 0.3) is 16.2 Å². The molecule has 8 heteroatoms. The number of aromatic nitrogens is 6. The van der Waals surface area contributed by atoms with Gasteiger partial charge in [-0.1, -0.05) is 111 Å². The Hall–Kier alpha value is -7.24. The molecule has 0 saturated heterocycles. The van der Waals surface area contributed by atoms with Gasteiger partial charge in [0.25, 0.3) is 0 Å². The van der Waals surface area contributed by atoms with Crippen LogP contribution < -0.4 is 0 Å². The van der Waals surface area contributed by atoms with Crippen LogP contribution in [0.5, 0.6) is 0 Å². The molecular formula is C63H75N8+. The van der Waals surface area contributed by atoms with Crippen LogP contribution >= 0.6 is 0 Å².